The van der Waals surface area contributed by atoms with Crippen LogP contribution in [0.2, 0.25) is 0 Å². The molecule has 0 saturated carbocycles. The third kappa shape index (κ3) is 5.54. The van der Waals surface area contributed by atoms with E-state index in [0.29, 0.717) is 44.9 Å². The Balaban J connectivity index is 1.41. The summed E-state index contributed by atoms with van der Waals surface area (Å²) in [6.07, 6.45) is 2.33. The van der Waals surface area contributed by atoms with E-state index in [2.05, 4.69) is 9.88 Å². The number of aromatic nitrogens is 1. The number of piperazine rings is 1. The summed E-state index contributed by atoms with van der Waals surface area (Å²) < 4.78 is 16.1. The molecule has 2 aliphatic heterocycles. The first-order valence-corrected chi connectivity index (χ1v) is 13.6. The first-order chi connectivity index (χ1) is 20.0. The third-order valence-electron chi connectivity index (χ3n) is 7.83. The van der Waals surface area contributed by atoms with Gasteiger partial charge in [-0.15, -0.1) is 0 Å². The highest BCUT2D eigenvalue weighted by Crippen LogP contribution is 2.39. The lowest BCUT2D eigenvalue weighted by molar-refractivity contribution is -0.142. The molecule has 10 nitrogen and oxygen atoms in total. The number of pyridine rings is 1. The molecule has 2 amide bonds. The molecule has 0 bridgehead atoms. The number of rotatable bonds is 8. The predicted molar refractivity (Wildman–Crippen MR) is 153 cm³/mol. The molecule has 0 N–H and O–H groups in total. The molecule has 2 atom stereocenters. The van der Waals surface area contributed by atoms with Gasteiger partial charge in [-0.1, -0.05) is 36.4 Å². The number of likely N-dealkylation sites (tertiary alicyclic amines) is 1. The molecule has 2 aromatic carbocycles. The molecule has 0 spiro atoms. The maximum Gasteiger partial charge on any atom is 0.295 e. The van der Waals surface area contributed by atoms with Crippen molar-refractivity contribution < 1.29 is 28.6 Å². The molecule has 3 aromatic rings. The second-order valence-electron chi connectivity index (χ2n) is 9.99. The van der Waals surface area contributed by atoms with Crippen LogP contribution in [0.1, 0.15) is 28.3 Å². The van der Waals surface area contributed by atoms with Crippen LogP contribution >= 0.6 is 0 Å². The fourth-order valence-electron chi connectivity index (χ4n) is 5.72. The fraction of sp³-hybridized carbons (Fsp3) is 0.355. The van der Waals surface area contributed by atoms with Crippen molar-refractivity contribution in [1.29, 1.82) is 0 Å². The highest BCUT2D eigenvalue weighted by molar-refractivity contribution is 6.43. The number of nitrogens with zero attached hydrogens (tertiary/aromatic N) is 4. The number of methoxy groups -OCH3 is 3. The Morgan fingerprint density at radius 3 is 2.05 bits per heavy atom. The Morgan fingerprint density at radius 1 is 0.805 bits per heavy atom. The Morgan fingerprint density at radius 2 is 1.46 bits per heavy atom. The monoisotopic (exact) mass is 558 g/mol. The minimum absolute atomic E-state index is 0.0998. The van der Waals surface area contributed by atoms with Crippen LogP contribution in [-0.4, -0.2) is 92.5 Å². The van der Waals surface area contributed by atoms with Crippen molar-refractivity contribution in [2.24, 2.45) is 0 Å². The lowest BCUT2D eigenvalue weighted by Crippen LogP contribution is -2.56. The maximum atomic E-state index is 14.1. The quantitative estimate of drug-likeness (QED) is 0.307. The number of Topliss-reactive ketones (excluding diaryl/α,β-unsaturated/α-hetero) is 1. The van der Waals surface area contributed by atoms with Gasteiger partial charge in [0, 0.05) is 50.4 Å². The van der Waals surface area contributed by atoms with Crippen molar-refractivity contribution in [3.05, 3.63) is 78.0 Å². The SMILES string of the molecule is COc1cc(C(=O)C(=O)N2CCC(c3ccccc3)C2C(=O)N2CCN(c3ccccn3)CC2)cc(OC)c1OC. The van der Waals surface area contributed by atoms with Gasteiger partial charge in [-0.05, 0) is 36.2 Å². The van der Waals surface area contributed by atoms with Crippen LogP contribution in [0.4, 0.5) is 5.82 Å². The van der Waals surface area contributed by atoms with Crippen LogP contribution in [-0.2, 0) is 9.59 Å². The number of carbonyl (C=O) groups excluding carboxylic acids is 3. The maximum absolute atomic E-state index is 14.1. The summed E-state index contributed by atoms with van der Waals surface area (Å²) in [5.74, 6) is -0.122. The van der Waals surface area contributed by atoms with E-state index < -0.39 is 17.7 Å². The summed E-state index contributed by atoms with van der Waals surface area (Å²) in [7, 11) is 4.36. The van der Waals surface area contributed by atoms with E-state index in [4.69, 9.17) is 14.2 Å². The first kappa shape index (κ1) is 27.9. The molecule has 10 heteroatoms. The molecule has 0 radical (unpaired) electrons. The molecule has 2 saturated heterocycles. The van der Waals surface area contributed by atoms with Gasteiger partial charge in [-0.25, -0.2) is 4.98 Å². The largest absolute Gasteiger partial charge is 0.493 e. The number of carbonyl (C=O) groups is 3. The summed E-state index contributed by atoms with van der Waals surface area (Å²) in [5, 5.41) is 0. The van der Waals surface area contributed by atoms with Gasteiger partial charge in [-0.2, -0.15) is 0 Å². The van der Waals surface area contributed by atoms with E-state index in [9.17, 15) is 14.4 Å². The number of ether oxygens (including phenoxy) is 3. The molecule has 214 valence electrons. The van der Waals surface area contributed by atoms with Gasteiger partial charge in [0.1, 0.15) is 11.9 Å². The average Bonchev–Trinajstić information content (AvgIpc) is 3.49. The topological polar surface area (TPSA) is 102 Å². The molecule has 1 aromatic heterocycles. The number of benzene rings is 2. The van der Waals surface area contributed by atoms with Crippen LogP contribution in [0.5, 0.6) is 17.2 Å². The Labute approximate surface area is 239 Å². The van der Waals surface area contributed by atoms with Crippen LogP contribution in [0.15, 0.2) is 66.9 Å². The highest BCUT2D eigenvalue weighted by Gasteiger charge is 2.46. The van der Waals surface area contributed by atoms with Crippen LogP contribution in [0.25, 0.3) is 0 Å². The zero-order valence-electron chi connectivity index (χ0n) is 23.5. The van der Waals surface area contributed by atoms with E-state index in [-0.39, 0.29) is 28.9 Å². The number of hydrogen-bond donors (Lipinski definition) is 0. The lowest BCUT2D eigenvalue weighted by atomic mass is 9.90. The zero-order valence-corrected chi connectivity index (χ0v) is 23.5. The number of amides is 2. The Bertz CT molecular complexity index is 1370. The van der Waals surface area contributed by atoms with Crippen LogP contribution in [0, 0.1) is 0 Å². The fourth-order valence-corrected chi connectivity index (χ4v) is 5.72. The van der Waals surface area contributed by atoms with E-state index in [0.717, 1.165) is 11.4 Å². The van der Waals surface area contributed by atoms with E-state index in [1.807, 2.05) is 48.5 Å². The smallest absolute Gasteiger partial charge is 0.295 e. The van der Waals surface area contributed by atoms with Crippen LogP contribution in [0.3, 0.4) is 0 Å². The lowest BCUT2D eigenvalue weighted by Gasteiger charge is -2.38. The van der Waals surface area contributed by atoms with Gasteiger partial charge in [0.2, 0.25) is 11.7 Å². The molecule has 41 heavy (non-hydrogen) atoms. The van der Waals surface area contributed by atoms with E-state index in [1.165, 1.54) is 38.4 Å². The van der Waals surface area contributed by atoms with Gasteiger partial charge >= 0.3 is 0 Å². The van der Waals surface area contributed by atoms with Gasteiger partial charge < -0.3 is 28.9 Å². The third-order valence-corrected chi connectivity index (χ3v) is 7.83. The first-order valence-electron chi connectivity index (χ1n) is 13.6. The van der Waals surface area contributed by atoms with Gasteiger partial charge in [-0.3, -0.25) is 14.4 Å². The zero-order chi connectivity index (χ0) is 28.9. The molecule has 3 heterocycles. The Kier molecular flexibility index (Phi) is 8.37. The van der Waals surface area contributed by atoms with Gasteiger partial charge in [0.05, 0.1) is 21.3 Å². The van der Waals surface area contributed by atoms with Crippen molar-refractivity contribution in [1.82, 2.24) is 14.8 Å². The van der Waals surface area contributed by atoms with Crippen molar-refractivity contribution >= 4 is 23.4 Å². The number of ketones is 1. The number of anilines is 1. The molecular formula is C31H34N4O6. The van der Waals surface area contributed by atoms with E-state index in [1.54, 1.807) is 11.1 Å². The second kappa shape index (κ2) is 12.3. The summed E-state index contributed by atoms with van der Waals surface area (Å²) in [6.45, 7) is 2.54. The molecular weight excluding hydrogens is 524 g/mol. The molecule has 2 aliphatic rings. The van der Waals surface area contributed by atoms with Crippen LogP contribution < -0.4 is 19.1 Å². The van der Waals surface area contributed by atoms with Gasteiger partial charge in [0.25, 0.3) is 11.7 Å². The van der Waals surface area contributed by atoms with Crippen molar-refractivity contribution in [2.45, 2.75) is 18.4 Å². The van der Waals surface area contributed by atoms with Crippen molar-refractivity contribution in [3.8, 4) is 17.2 Å². The summed E-state index contributed by atoms with van der Waals surface area (Å²) >= 11 is 0. The standard InChI is InChI=1S/C31H34N4O6/c1-39-24-19-22(20-25(40-2)29(24)41-3)28(36)31(38)35-14-12-23(21-9-5-4-6-10-21)27(35)30(37)34-17-15-33(16-18-34)26-11-7-8-13-32-26/h4-11,13,19-20,23,27H,12,14-18H2,1-3H3. The predicted octanol–water partition coefficient (Wildman–Crippen LogP) is 3.02. The summed E-state index contributed by atoms with van der Waals surface area (Å²) in [6, 6.07) is 17.6. The minimum Gasteiger partial charge on any atom is -0.493 e. The Hall–Kier alpha value is -4.60. The minimum atomic E-state index is -0.794. The molecule has 0 aliphatic carbocycles. The van der Waals surface area contributed by atoms with Crippen molar-refractivity contribution in [3.63, 3.8) is 0 Å². The molecule has 2 unspecified atom stereocenters. The summed E-state index contributed by atoms with van der Waals surface area (Å²) in [5.41, 5.74) is 1.07. The average molecular weight is 559 g/mol. The van der Waals surface area contributed by atoms with Crippen molar-refractivity contribution in [2.75, 3.05) is 59.0 Å². The number of hydrogen-bond acceptors (Lipinski definition) is 8. The van der Waals surface area contributed by atoms with E-state index >= 15 is 0 Å². The van der Waals surface area contributed by atoms with Gasteiger partial charge in [0.15, 0.2) is 11.5 Å². The second-order valence-corrected chi connectivity index (χ2v) is 9.99. The molecule has 5 rings (SSSR count). The summed E-state index contributed by atoms with van der Waals surface area (Å²) in [4.78, 5) is 51.3. The molecule has 2 fully saturated rings. The highest BCUT2D eigenvalue weighted by atomic mass is 16.5. The normalized spacial score (nSPS) is 18.7.